The number of esters is 4. The van der Waals surface area contributed by atoms with Crippen LogP contribution in [-0.4, -0.2) is 63.9 Å². The number of halogens is 2. The van der Waals surface area contributed by atoms with Crippen molar-refractivity contribution in [3.63, 3.8) is 0 Å². The fraction of sp³-hybridized carbons (Fsp3) is 0.214. The first kappa shape index (κ1) is 29.1. The summed E-state index contributed by atoms with van der Waals surface area (Å²) in [6.07, 6.45) is 11.3. The predicted molar refractivity (Wildman–Crippen MR) is 145 cm³/mol. The third-order valence-corrected chi connectivity index (χ3v) is 8.08. The van der Waals surface area contributed by atoms with E-state index in [1.165, 1.54) is 48.6 Å². The van der Waals surface area contributed by atoms with Gasteiger partial charge in [-0.05, 0) is 46.6 Å². The van der Waals surface area contributed by atoms with Crippen LogP contribution in [0.4, 0.5) is 0 Å². The molecule has 40 heavy (non-hydrogen) atoms. The molecule has 0 heterocycles. The van der Waals surface area contributed by atoms with Crippen LogP contribution in [0.2, 0.25) is 0 Å². The predicted octanol–water partition coefficient (Wildman–Crippen LogP) is 2.96. The molecule has 0 saturated heterocycles. The van der Waals surface area contributed by atoms with Crippen molar-refractivity contribution in [1.82, 2.24) is 0 Å². The Hall–Kier alpha value is -3.90. The zero-order chi connectivity index (χ0) is 29.6. The monoisotopic (exact) mass is 674 g/mol. The Morgan fingerprint density at radius 2 is 0.925 bits per heavy atom. The van der Waals surface area contributed by atoms with Gasteiger partial charge in [-0.15, -0.1) is 0 Å². The first-order chi connectivity index (χ1) is 19.0. The van der Waals surface area contributed by atoms with E-state index in [-0.39, 0.29) is 22.3 Å². The van der Waals surface area contributed by atoms with Crippen LogP contribution < -0.4 is 0 Å². The number of ketones is 2. The minimum absolute atomic E-state index is 0.0846. The Balaban J connectivity index is 2.28. The molecule has 0 amide bonds. The topological polar surface area (TPSA) is 139 Å². The highest BCUT2D eigenvalue weighted by molar-refractivity contribution is 9.12. The second kappa shape index (κ2) is 10.6. The van der Waals surface area contributed by atoms with Gasteiger partial charge in [-0.25, -0.2) is 9.59 Å². The smallest absolute Gasteiger partial charge is 0.342 e. The Morgan fingerprint density at radius 1 is 0.575 bits per heavy atom. The Bertz CT molecular complexity index is 1450. The molecular formula is C28H20Br2O10. The molecule has 0 N–H and O–H groups in total. The molecule has 0 unspecified atom stereocenters. The van der Waals surface area contributed by atoms with Gasteiger partial charge in [-0.2, -0.15) is 0 Å². The molecule has 12 heteroatoms. The lowest BCUT2D eigenvalue weighted by Crippen LogP contribution is -2.61. The van der Waals surface area contributed by atoms with Crippen LogP contribution in [0, 0.1) is 10.8 Å². The molecule has 0 bridgehead atoms. The number of allylic oxidation sites excluding steroid dienone is 12. The van der Waals surface area contributed by atoms with E-state index < -0.39 is 57.4 Å². The van der Waals surface area contributed by atoms with Gasteiger partial charge in [0.1, 0.15) is 11.1 Å². The number of ether oxygens (including phenoxy) is 4. The lowest BCUT2D eigenvalue weighted by molar-refractivity contribution is -0.175. The maximum atomic E-state index is 14.6. The van der Waals surface area contributed by atoms with Crippen LogP contribution >= 0.6 is 31.9 Å². The molecule has 4 aliphatic rings. The van der Waals surface area contributed by atoms with Crippen molar-refractivity contribution in [1.29, 1.82) is 0 Å². The third kappa shape index (κ3) is 3.66. The second-order valence-electron chi connectivity index (χ2n) is 8.63. The average molecular weight is 676 g/mol. The molecule has 4 aliphatic carbocycles. The van der Waals surface area contributed by atoms with Gasteiger partial charge in [0.25, 0.3) is 0 Å². The summed E-state index contributed by atoms with van der Waals surface area (Å²) in [5.41, 5.74) is -7.53. The van der Waals surface area contributed by atoms with Crippen LogP contribution in [0.15, 0.2) is 91.0 Å². The van der Waals surface area contributed by atoms with Gasteiger partial charge < -0.3 is 18.9 Å². The molecule has 0 aromatic carbocycles. The molecule has 4 rings (SSSR count). The van der Waals surface area contributed by atoms with Crippen LogP contribution in [0.25, 0.3) is 0 Å². The van der Waals surface area contributed by atoms with Crippen LogP contribution in [-0.2, 0) is 47.7 Å². The summed E-state index contributed by atoms with van der Waals surface area (Å²) >= 11 is 6.63. The summed E-state index contributed by atoms with van der Waals surface area (Å²) in [6.45, 7) is 0. The van der Waals surface area contributed by atoms with E-state index in [0.29, 0.717) is 8.96 Å². The Labute approximate surface area is 244 Å². The third-order valence-electron chi connectivity index (χ3n) is 7.02. The molecule has 0 aliphatic heterocycles. The highest BCUT2D eigenvalue weighted by atomic mass is 79.9. The van der Waals surface area contributed by atoms with Gasteiger partial charge in [-0.1, -0.05) is 56.2 Å². The summed E-state index contributed by atoms with van der Waals surface area (Å²) < 4.78 is 20.9. The number of Topliss-reactive ketones (excluding diaryl/α,β-unsaturated/α-hetero) is 2. The molecule has 0 aromatic rings. The molecule has 0 fully saturated rings. The van der Waals surface area contributed by atoms with Gasteiger partial charge in [0.05, 0.1) is 28.4 Å². The molecule has 2 atom stereocenters. The lowest BCUT2D eigenvalue weighted by atomic mass is 9.54. The highest BCUT2D eigenvalue weighted by Crippen LogP contribution is 2.65. The molecule has 206 valence electrons. The van der Waals surface area contributed by atoms with E-state index in [0.717, 1.165) is 28.4 Å². The number of carbonyl (C=O) groups is 6. The van der Waals surface area contributed by atoms with Crippen molar-refractivity contribution in [3.05, 3.63) is 91.0 Å². The van der Waals surface area contributed by atoms with Crippen molar-refractivity contribution < 1.29 is 47.7 Å². The Kier molecular flexibility index (Phi) is 7.70. The maximum absolute atomic E-state index is 14.6. The zero-order valence-electron chi connectivity index (χ0n) is 21.5. The molecular weight excluding hydrogens is 656 g/mol. The fourth-order valence-electron chi connectivity index (χ4n) is 5.45. The molecule has 0 saturated carbocycles. The van der Waals surface area contributed by atoms with Crippen molar-refractivity contribution in [3.8, 4) is 0 Å². The van der Waals surface area contributed by atoms with Crippen LogP contribution in [0.3, 0.4) is 0 Å². The van der Waals surface area contributed by atoms with Gasteiger partial charge in [0, 0.05) is 8.96 Å². The van der Waals surface area contributed by atoms with Crippen molar-refractivity contribution in [2.75, 3.05) is 28.4 Å². The van der Waals surface area contributed by atoms with E-state index in [1.54, 1.807) is 0 Å². The molecule has 10 nitrogen and oxygen atoms in total. The van der Waals surface area contributed by atoms with Crippen molar-refractivity contribution in [2.45, 2.75) is 0 Å². The summed E-state index contributed by atoms with van der Waals surface area (Å²) in [5, 5.41) is 0. The summed E-state index contributed by atoms with van der Waals surface area (Å²) in [7, 11) is 3.99. The van der Waals surface area contributed by atoms with E-state index in [9.17, 15) is 28.8 Å². The number of fused-ring (bicyclic) bond motifs is 2. The number of rotatable bonds is 5. The first-order valence-electron chi connectivity index (χ1n) is 11.4. The van der Waals surface area contributed by atoms with E-state index >= 15 is 0 Å². The standard InChI is InChI=1S/C28H20Br2O10/c1-37-23(33)19-15-9-5-13(29)7-11-17(15)27(21(19)31,25(35)39-3)28(26(36)40-4)18-12-8-14(30)6-10-16(18)20(22(28)32)24(34)38-2/h5-12H,1-4H3/t27-,28+. The number of hydrogen-bond acceptors (Lipinski definition) is 10. The minimum Gasteiger partial charge on any atom is -0.468 e. The summed E-state index contributed by atoms with van der Waals surface area (Å²) in [4.78, 5) is 83.4. The van der Waals surface area contributed by atoms with Crippen molar-refractivity contribution in [2.24, 2.45) is 10.8 Å². The zero-order valence-corrected chi connectivity index (χ0v) is 24.6. The Morgan fingerprint density at radius 3 is 1.23 bits per heavy atom. The van der Waals surface area contributed by atoms with Gasteiger partial charge >= 0.3 is 23.9 Å². The summed E-state index contributed by atoms with van der Waals surface area (Å²) in [5.74, 6) is -7.43. The average Bonchev–Trinajstić information content (AvgIpc) is 3.12. The van der Waals surface area contributed by atoms with Crippen molar-refractivity contribution >= 4 is 67.3 Å². The highest BCUT2D eigenvalue weighted by Gasteiger charge is 2.79. The van der Waals surface area contributed by atoms with Gasteiger partial charge in [-0.3, -0.25) is 19.2 Å². The largest absolute Gasteiger partial charge is 0.468 e. The fourth-order valence-corrected chi connectivity index (χ4v) is 5.98. The second-order valence-corrected chi connectivity index (χ2v) is 10.5. The maximum Gasteiger partial charge on any atom is 0.342 e. The SMILES string of the molecule is COC(=O)C1=C2C=CC(Br)=CC=C2[C@@](C(=O)OC)([C@]2(C(=O)OC)C(=O)C(C(=O)OC)=C3C=CC(Br)=CC=C32)C1=O. The molecule has 0 aromatic heterocycles. The van der Waals surface area contributed by atoms with Gasteiger partial charge in [0.2, 0.25) is 0 Å². The number of carbonyl (C=O) groups excluding carboxylic acids is 6. The normalized spacial score (nSPS) is 25.1. The molecule has 0 spiro atoms. The first-order valence-corrected chi connectivity index (χ1v) is 13.0. The number of methoxy groups -OCH3 is 4. The van der Waals surface area contributed by atoms with Crippen LogP contribution in [0.1, 0.15) is 0 Å². The van der Waals surface area contributed by atoms with Crippen LogP contribution in [0.5, 0.6) is 0 Å². The number of hydrogen-bond donors (Lipinski definition) is 0. The van der Waals surface area contributed by atoms with E-state index in [2.05, 4.69) is 31.9 Å². The van der Waals surface area contributed by atoms with E-state index in [1.807, 2.05) is 0 Å². The van der Waals surface area contributed by atoms with Gasteiger partial charge in [0.15, 0.2) is 22.4 Å². The lowest BCUT2D eigenvalue weighted by Gasteiger charge is -2.42. The van der Waals surface area contributed by atoms with E-state index in [4.69, 9.17) is 18.9 Å². The summed E-state index contributed by atoms with van der Waals surface area (Å²) in [6, 6.07) is 0. The quantitative estimate of drug-likeness (QED) is 0.185. The minimum atomic E-state index is -2.87. The molecule has 0 radical (unpaired) electrons.